The van der Waals surface area contributed by atoms with Crippen LogP contribution in [-0.2, 0) is 9.47 Å². The largest absolute Gasteiger partial charge is 0.379 e. The van der Waals surface area contributed by atoms with Gasteiger partial charge in [0.05, 0.1) is 18.8 Å². The highest BCUT2D eigenvalue weighted by molar-refractivity contribution is 5.04. The number of hydrogen-bond acceptors (Lipinski definition) is 4. The summed E-state index contributed by atoms with van der Waals surface area (Å²) in [5.41, 5.74) is -0.414. The molecular weight excluding hydrogens is 240 g/mol. The monoisotopic (exact) mass is 268 g/mol. The second kappa shape index (κ2) is 8.52. The Balaban J connectivity index is 2.04. The van der Waals surface area contributed by atoms with Crippen molar-refractivity contribution in [2.75, 3.05) is 19.8 Å². The second-order valence-electron chi connectivity index (χ2n) is 5.91. The van der Waals surface area contributed by atoms with Crippen molar-refractivity contribution in [3.8, 4) is 6.07 Å². The highest BCUT2D eigenvalue weighted by Gasteiger charge is 2.23. The Bertz CT molecular complexity index is 282. The van der Waals surface area contributed by atoms with Gasteiger partial charge in [-0.15, -0.1) is 0 Å². The van der Waals surface area contributed by atoms with Crippen LogP contribution < -0.4 is 5.32 Å². The lowest BCUT2D eigenvalue weighted by molar-refractivity contribution is 0.0159. The second-order valence-corrected chi connectivity index (χ2v) is 5.91. The molecule has 1 fully saturated rings. The first kappa shape index (κ1) is 16.4. The summed E-state index contributed by atoms with van der Waals surface area (Å²) in [5.74, 6) is 0. The lowest BCUT2D eigenvalue weighted by Crippen LogP contribution is -2.44. The summed E-state index contributed by atoms with van der Waals surface area (Å²) in [6.07, 6.45) is 5.48. The van der Waals surface area contributed by atoms with Gasteiger partial charge in [0.1, 0.15) is 5.54 Å². The Kier molecular flexibility index (Phi) is 7.37. The van der Waals surface area contributed by atoms with Crippen LogP contribution >= 0.6 is 0 Å². The quantitative estimate of drug-likeness (QED) is 0.653. The van der Waals surface area contributed by atoms with Crippen LogP contribution in [0.2, 0.25) is 0 Å². The molecule has 4 nitrogen and oxygen atoms in total. The van der Waals surface area contributed by atoms with Crippen LogP contribution in [0.4, 0.5) is 0 Å². The van der Waals surface area contributed by atoms with Crippen molar-refractivity contribution in [2.24, 2.45) is 0 Å². The Morgan fingerprint density at radius 2 is 2.26 bits per heavy atom. The summed E-state index contributed by atoms with van der Waals surface area (Å²) < 4.78 is 11.1. The van der Waals surface area contributed by atoms with Gasteiger partial charge in [-0.1, -0.05) is 0 Å². The molecule has 1 aliphatic rings. The van der Waals surface area contributed by atoms with Crippen molar-refractivity contribution in [1.29, 1.82) is 5.26 Å². The summed E-state index contributed by atoms with van der Waals surface area (Å²) in [5, 5.41) is 12.5. The van der Waals surface area contributed by atoms with Crippen molar-refractivity contribution in [2.45, 2.75) is 70.6 Å². The Hall–Kier alpha value is -0.630. The van der Waals surface area contributed by atoms with E-state index >= 15 is 0 Å². The van der Waals surface area contributed by atoms with Gasteiger partial charge in [-0.05, 0) is 52.9 Å². The van der Waals surface area contributed by atoms with E-state index in [9.17, 15) is 5.26 Å². The number of unbranched alkanes of at least 4 members (excludes halogenated alkanes) is 1. The molecule has 1 N–H and O–H groups in total. The fourth-order valence-electron chi connectivity index (χ4n) is 2.47. The standard InChI is InChI=1S/C15H28N2O2/c1-13(2)17-15(3,12-16)8-4-5-9-18-11-14-7-6-10-19-14/h13-14,17H,4-11H2,1-3H3. The van der Waals surface area contributed by atoms with E-state index in [1.165, 1.54) is 0 Å². The highest BCUT2D eigenvalue weighted by Crippen LogP contribution is 2.15. The number of hydrogen-bond donors (Lipinski definition) is 1. The zero-order chi connectivity index (χ0) is 14.1. The zero-order valence-electron chi connectivity index (χ0n) is 12.6. The van der Waals surface area contributed by atoms with Crippen molar-refractivity contribution >= 4 is 0 Å². The molecule has 110 valence electrons. The lowest BCUT2D eigenvalue weighted by Gasteiger charge is -2.25. The third kappa shape index (κ3) is 6.91. The molecule has 1 rings (SSSR count). The smallest absolute Gasteiger partial charge is 0.104 e. The first-order chi connectivity index (χ1) is 9.06. The van der Waals surface area contributed by atoms with E-state index < -0.39 is 5.54 Å². The topological polar surface area (TPSA) is 54.3 Å². The van der Waals surface area contributed by atoms with Crippen LogP contribution in [0.3, 0.4) is 0 Å². The number of nitrogens with zero attached hydrogens (tertiary/aromatic N) is 1. The molecule has 2 unspecified atom stereocenters. The minimum absolute atomic E-state index is 0.312. The third-order valence-electron chi connectivity index (χ3n) is 3.40. The average Bonchev–Trinajstić information content (AvgIpc) is 2.86. The molecule has 1 aliphatic heterocycles. The highest BCUT2D eigenvalue weighted by atomic mass is 16.5. The molecule has 0 aliphatic carbocycles. The summed E-state index contributed by atoms with van der Waals surface area (Å²) >= 11 is 0. The summed E-state index contributed by atoms with van der Waals surface area (Å²) in [4.78, 5) is 0. The Morgan fingerprint density at radius 1 is 1.47 bits per heavy atom. The summed E-state index contributed by atoms with van der Waals surface area (Å²) in [6, 6.07) is 2.71. The Labute approximate surface area is 117 Å². The minimum atomic E-state index is -0.414. The third-order valence-corrected chi connectivity index (χ3v) is 3.40. The molecule has 0 aromatic heterocycles. The lowest BCUT2D eigenvalue weighted by atomic mass is 9.96. The van der Waals surface area contributed by atoms with E-state index in [2.05, 4.69) is 25.2 Å². The molecule has 0 aromatic carbocycles. The first-order valence-corrected chi connectivity index (χ1v) is 7.44. The van der Waals surface area contributed by atoms with Gasteiger partial charge in [-0.2, -0.15) is 5.26 Å². The molecular formula is C15H28N2O2. The van der Waals surface area contributed by atoms with E-state index in [-0.39, 0.29) is 0 Å². The Morgan fingerprint density at radius 3 is 2.84 bits per heavy atom. The van der Waals surface area contributed by atoms with Gasteiger partial charge in [-0.3, -0.25) is 5.32 Å². The fourth-order valence-corrected chi connectivity index (χ4v) is 2.47. The summed E-state index contributed by atoms with van der Waals surface area (Å²) in [7, 11) is 0. The van der Waals surface area contributed by atoms with Crippen molar-refractivity contribution in [3.05, 3.63) is 0 Å². The molecule has 0 saturated carbocycles. The number of nitriles is 1. The van der Waals surface area contributed by atoms with Gasteiger partial charge in [-0.25, -0.2) is 0 Å². The van der Waals surface area contributed by atoms with Gasteiger partial charge in [0.2, 0.25) is 0 Å². The van der Waals surface area contributed by atoms with Crippen molar-refractivity contribution in [1.82, 2.24) is 5.32 Å². The van der Waals surface area contributed by atoms with Gasteiger partial charge in [0.15, 0.2) is 0 Å². The fraction of sp³-hybridized carbons (Fsp3) is 0.933. The van der Waals surface area contributed by atoms with Crippen LogP contribution in [0.1, 0.15) is 52.9 Å². The maximum absolute atomic E-state index is 9.22. The van der Waals surface area contributed by atoms with Crippen LogP contribution in [0.15, 0.2) is 0 Å². The van der Waals surface area contributed by atoms with E-state index in [1.54, 1.807) is 0 Å². The van der Waals surface area contributed by atoms with Crippen LogP contribution in [0, 0.1) is 11.3 Å². The first-order valence-electron chi connectivity index (χ1n) is 7.44. The van der Waals surface area contributed by atoms with E-state index in [0.717, 1.165) is 51.9 Å². The molecule has 0 bridgehead atoms. The molecule has 0 amide bonds. The normalized spacial score (nSPS) is 22.4. The van der Waals surface area contributed by atoms with Gasteiger partial charge < -0.3 is 9.47 Å². The maximum atomic E-state index is 9.22. The van der Waals surface area contributed by atoms with Crippen LogP contribution in [0.5, 0.6) is 0 Å². The van der Waals surface area contributed by atoms with Gasteiger partial charge in [0.25, 0.3) is 0 Å². The maximum Gasteiger partial charge on any atom is 0.104 e. The van der Waals surface area contributed by atoms with Crippen molar-refractivity contribution < 1.29 is 9.47 Å². The van der Waals surface area contributed by atoms with Crippen molar-refractivity contribution in [3.63, 3.8) is 0 Å². The molecule has 1 heterocycles. The molecule has 19 heavy (non-hydrogen) atoms. The SMILES string of the molecule is CC(C)NC(C)(C#N)CCCCOCC1CCCO1. The average molecular weight is 268 g/mol. The summed E-state index contributed by atoms with van der Waals surface area (Å²) in [6.45, 7) is 8.49. The van der Waals surface area contributed by atoms with E-state index in [4.69, 9.17) is 9.47 Å². The number of ether oxygens (including phenoxy) is 2. The predicted octanol–water partition coefficient (Wildman–Crippen LogP) is 2.63. The number of rotatable bonds is 9. The van der Waals surface area contributed by atoms with Crippen LogP contribution in [0.25, 0.3) is 0 Å². The van der Waals surface area contributed by atoms with Crippen LogP contribution in [-0.4, -0.2) is 37.5 Å². The molecule has 0 aromatic rings. The molecule has 4 heteroatoms. The molecule has 2 atom stereocenters. The zero-order valence-corrected chi connectivity index (χ0v) is 12.6. The van der Waals surface area contributed by atoms with E-state index in [0.29, 0.717) is 12.1 Å². The van der Waals surface area contributed by atoms with Gasteiger partial charge >= 0.3 is 0 Å². The molecule has 0 spiro atoms. The number of nitrogens with one attached hydrogen (secondary N) is 1. The van der Waals surface area contributed by atoms with E-state index in [1.807, 2.05) is 6.92 Å². The molecule has 1 saturated heterocycles. The molecule has 0 radical (unpaired) electrons. The predicted molar refractivity (Wildman–Crippen MR) is 75.9 cm³/mol. The minimum Gasteiger partial charge on any atom is -0.379 e. The van der Waals surface area contributed by atoms with Gasteiger partial charge in [0, 0.05) is 19.3 Å².